The molecule has 1 unspecified atom stereocenters. The van der Waals surface area contributed by atoms with Crippen LogP contribution in [0.25, 0.3) is 0 Å². The maximum absolute atomic E-state index is 12.9. The molecule has 1 atom stereocenters. The number of hydrogen-bond donors (Lipinski definition) is 1. The third-order valence-electron chi connectivity index (χ3n) is 4.36. The second-order valence-corrected chi connectivity index (χ2v) is 6.91. The number of nitrogens with one attached hydrogen (secondary N) is 1. The highest BCUT2D eigenvalue weighted by Gasteiger charge is 2.33. The van der Waals surface area contributed by atoms with Gasteiger partial charge in [-0.15, -0.1) is 0 Å². The molecule has 1 amide bonds. The Morgan fingerprint density at radius 3 is 2.92 bits per heavy atom. The van der Waals surface area contributed by atoms with E-state index in [1.54, 1.807) is 6.07 Å². The van der Waals surface area contributed by atoms with Crippen LogP contribution in [-0.4, -0.2) is 39.5 Å². The number of anilines is 1. The molecule has 0 aliphatic carbocycles. The summed E-state index contributed by atoms with van der Waals surface area (Å²) >= 11 is 0. The van der Waals surface area contributed by atoms with E-state index < -0.39 is 0 Å². The molecule has 0 saturated carbocycles. The monoisotopic (exact) mass is 343 g/mol. The first-order valence-electron chi connectivity index (χ1n) is 8.78. The predicted molar refractivity (Wildman–Crippen MR) is 94.4 cm³/mol. The number of likely N-dealkylation sites (tertiary alicyclic amines) is 1. The van der Waals surface area contributed by atoms with Crippen molar-refractivity contribution in [2.75, 3.05) is 18.9 Å². The number of amides is 1. The third-order valence-corrected chi connectivity index (χ3v) is 4.36. The van der Waals surface area contributed by atoms with Crippen molar-refractivity contribution < 1.29 is 9.32 Å². The fourth-order valence-electron chi connectivity index (χ4n) is 3.28. The molecule has 134 valence electrons. The first-order valence-corrected chi connectivity index (χ1v) is 8.78. The molecule has 3 heterocycles. The molecule has 1 N–H and O–H groups in total. The summed E-state index contributed by atoms with van der Waals surface area (Å²) in [5.41, 5.74) is 1.69. The van der Waals surface area contributed by atoms with Crippen molar-refractivity contribution in [3.63, 3.8) is 0 Å². The van der Waals surface area contributed by atoms with Crippen molar-refractivity contribution in [3.8, 4) is 0 Å². The van der Waals surface area contributed by atoms with E-state index in [0.717, 1.165) is 36.5 Å². The van der Waals surface area contributed by atoms with Gasteiger partial charge in [-0.1, -0.05) is 19.0 Å². The minimum atomic E-state index is -0.118. The topological polar surface area (TPSA) is 84.2 Å². The van der Waals surface area contributed by atoms with E-state index in [9.17, 15) is 4.79 Å². The first-order chi connectivity index (χ1) is 12.0. The molecule has 0 aromatic carbocycles. The van der Waals surface area contributed by atoms with Crippen LogP contribution in [0.4, 0.5) is 5.82 Å². The normalized spacial score (nSPS) is 17.3. The SMILES string of the molecule is CNc1cc(C2CCCN2C(=O)c2cc(CC(C)C)no2)nc(C)n1. The molecular weight excluding hydrogens is 318 g/mol. The highest BCUT2D eigenvalue weighted by molar-refractivity contribution is 5.92. The van der Waals surface area contributed by atoms with Crippen LogP contribution in [0.5, 0.6) is 0 Å². The van der Waals surface area contributed by atoms with Crippen LogP contribution in [-0.2, 0) is 6.42 Å². The Bertz CT molecular complexity index is 756. The minimum absolute atomic E-state index is 0.0556. The van der Waals surface area contributed by atoms with Gasteiger partial charge < -0.3 is 14.7 Å². The Kier molecular flexibility index (Phi) is 5.01. The largest absolute Gasteiger partial charge is 0.373 e. The van der Waals surface area contributed by atoms with Gasteiger partial charge in [0.1, 0.15) is 11.6 Å². The quantitative estimate of drug-likeness (QED) is 0.898. The molecule has 1 aliphatic heterocycles. The fraction of sp³-hybridized carbons (Fsp3) is 0.556. The van der Waals surface area contributed by atoms with Gasteiger partial charge in [-0.25, -0.2) is 9.97 Å². The lowest BCUT2D eigenvalue weighted by molar-refractivity contribution is 0.0690. The zero-order chi connectivity index (χ0) is 18.0. The van der Waals surface area contributed by atoms with Gasteiger partial charge in [0, 0.05) is 25.7 Å². The molecule has 3 rings (SSSR count). The second-order valence-electron chi connectivity index (χ2n) is 6.91. The number of aryl methyl sites for hydroxylation is 1. The number of aromatic nitrogens is 3. The van der Waals surface area contributed by atoms with E-state index in [0.29, 0.717) is 24.0 Å². The van der Waals surface area contributed by atoms with E-state index in [1.807, 2.05) is 24.9 Å². The van der Waals surface area contributed by atoms with E-state index in [1.165, 1.54) is 0 Å². The molecule has 0 radical (unpaired) electrons. The summed E-state index contributed by atoms with van der Waals surface area (Å²) in [5.74, 6) is 2.12. The zero-order valence-electron chi connectivity index (χ0n) is 15.2. The summed E-state index contributed by atoms with van der Waals surface area (Å²) in [7, 11) is 1.83. The Morgan fingerprint density at radius 2 is 2.20 bits per heavy atom. The summed E-state index contributed by atoms with van der Waals surface area (Å²) in [6.45, 7) is 6.79. The van der Waals surface area contributed by atoms with Crippen LogP contribution in [0.1, 0.15) is 60.5 Å². The first kappa shape index (κ1) is 17.4. The van der Waals surface area contributed by atoms with Crippen molar-refractivity contribution in [1.82, 2.24) is 20.0 Å². The lowest BCUT2D eigenvalue weighted by Gasteiger charge is -2.23. The van der Waals surface area contributed by atoms with Gasteiger partial charge in [0.2, 0.25) is 5.76 Å². The van der Waals surface area contributed by atoms with Gasteiger partial charge in [0.15, 0.2) is 0 Å². The van der Waals surface area contributed by atoms with Crippen molar-refractivity contribution in [1.29, 1.82) is 0 Å². The van der Waals surface area contributed by atoms with Gasteiger partial charge in [0.25, 0.3) is 5.91 Å². The standard InChI is InChI=1S/C18H25N5O2/c1-11(2)8-13-9-16(25-22-13)18(24)23-7-5-6-15(23)14-10-17(19-4)21-12(3)20-14/h9-11,15H,5-8H2,1-4H3,(H,19,20,21). The van der Waals surface area contributed by atoms with Gasteiger partial charge in [-0.3, -0.25) is 4.79 Å². The van der Waals surface area contributed by atoms with Crippen molar-refractivity contribution >= 4 is 11.7 Å². The molecule has 7 nitrogen and oxygen atoms in total. The van der Waals surface area contributed by atoms with Gasteiger partial charge in [0.05, 0.1) is 17.4 Å². The van der Waals surface area contributed by atoms with Crippen LogP contribution < -0.4 is 5.32 Å². The molecule has 2 aromatic heterocycles. The molecule has 25 heavy (non-hydrogen) atoms. The van der Waals surface area contributed by atoms with Gasteiger partial charge in [-0.05, 0) is 32.1 Å². The molecule has 1 saturated heterocycles. The van der Waals surface area contributed by atoms with Gasteiger partial charge in [-0.2, -0.15) is 0 Å². The molecule has 2 aromatic rings. The Hall–Kier alpha value is -2.44. The summed E-state index contributed by atoms with van der Waals surface area (Å²) in [5, 5.41) is 7.08. The van der Waals surface area contributed by atoms with Crippen molar-refractivity contribution in [2.45, 2.75) is 46.1 Å². The molecule has 7 heteroatoms. The number of carbonyl (C=O) groups is 1. The number of carbonyl (C=O) groups excluding carboxylic acids is 1. The molecule has 1 aliphatic rings. The Labute approximate surface area is 147 Å². The maximum Gasteiger partial charge on any atom is 0.293 e. The second kappa shape index (κ2) is 7.21. The fourth-order valence-corrected chi connectivity index (χ4v) is 3.28. The number of hydrogen-bond acceptors (Lipinski definition) is 6. The van der Waals surface area contributed by atoms with Crippen LogP contribution in [0, 0.1) is 12.8 Å². The molecular formula is C18H25N5O2. The van der Waals surface area contributed by atoms with E-state index in [-0.39, 0.29) is 11.9 Å². The smallest absolute Gasteiger partial charge is 0.293 e. The van der Waals surface area contributed by atoms with E-state index in [2.05, 4.69) is 34.3 Å². The maximum atomic E-state index is 12.9. The number of rotatable bonds is 5. The number of nitrogens with zero attached hydrogens (tertiary/aromatic N) is 4. The van der Waals surface area contributed by atoms with Gasteiger partial charge >= 0.3 is 0 Å². The van der Waals surface area contributed by atoms with Crippen LogP contribution in [0.3, 0.4) is 0 Å². The molecule has 1 fully saturated rings. The predicted octanol–water partition coefficient (Wildman–Crippen LogP) is 2.99. The average Bonchev–Trinajstić information content (AvgIpc) is 3.22. The Balaban J connectivity index is 1.82. The van der Waals surface area contributed by atoms with Crippen LogP contribution in [0.2, 0.25) is 0 Å². The van der Waals surface area contributed by atoms with Crippen molar-refractivity contribution in [2.24, 2.45) is 5.92 Å². The van der Waals surface area contributed by atoms with Crippen LogP contribution in [0.15, 0.2) is 16.7 Å². The summed E-state index contributed by atoms with van der Waals surface area (Å²) in [6, 6.07) is 3.62. The summed E-state index contributed by atoms with van der Waals surface area (Å²) in [4.78, 5) is 23.6. The highest BCUT2D eigenvalue weighted by atomic mass is 16.5. The lowest BCUT2D eigenvalue weighted by Crippen LogP contribution is -2.31. The third kappa shape index (κ3) is 3.81. The highest BCUT2D eigenvalue weighted by Crippen LogP contribution is 2.33. The molecule has 0 spiro atoms. The van der Waals surface area contributed by atoms with Crippen molar-refractivity contribution in [3.05, 3.63) is 35.1 Å². The zero-order valence-corrected chi connectivity index (χ0v) is 15.2. The average molecular weight is 343 g/mol. The molecule has 0 bridgehead atoms. The summed E-state index contributed by atoms with van der Waals surface area (Å²) < 4.78 is 5.31. The van der Waals surface area contributed by atoms with E-state index in [4.69, 9.17) is 4.52 Å². The summed E-state index contributed by atoms with van der Waals surface area (Å²) in [6.07, 6.45) is 2.64. The minimum Gasteiger partial charge on any atom is -0.373 e. The van der Waals surface area contributed by atoms with Crippen LogP contribution >= 0.6 is 0 Å². The van der Waals surface area contributed by atoms with E-state index >= 15 is 0 Å². The Morgan fingerprint density at radius 1 is 1.40 bits per heavy atom. The lowest BCUT2D eigenvalue weighted by atomic mass is 10.1.